The fourth-order valence-corrected chi connectivity index (χ4v) is 2.84. The van der Waals surface area contributed by atoms with E-state index in [0.717, 1.165) is 37.1 Å². The Morgan fingerprint density at radius 3 is 2.74 bits per heavy atom. The van der Waals surface area contributed by atoms with E-state index >= 15 is 0 Å². The fraction of sp³-hybridized carbons (Fsp3) is 0.500. The number of urea groups is 1. The van der Waals surface area contributed by atoms with Crippen LogP contribution in [0.5, 0.6) is 0 Å². The Hall–Kier alpha value is -1.79. The molecular weight excluding hydrogens is 316 g/mol. The lowest BCUT2D eigenvalue weighted by Crippen LogP contribution is -2.46. The molecule has 1 aliphatic rings. The Kier molecular flexibility index (Phi) is 7.85. The number of carbonyl (C=O) groups excluding carboxylic acids is 2. The van der Waals surface area contributed by atoms with Crippen LogP contribution < -0.4 is 21.7 Å². The van der Waals surface area contributed by atoms with Crippen LogP contribution in [0.1, 0.15) is 36.4 Å². The molecule has 0 radical (unpaired) electrons. The predicted molar refractivity (Wildman–Crippen MR) is 92.5 cm³/mol. The summed E-state index contributed by atoms with van der Waals surface area (Å²) >= 11 is 0. The third-order valence-electron chi connectivity index (χ3n) is 3.93. The third-order valence-corrected chi connectivity index (χ3v) is 3.93. The number of piperidine rings is 1. The van der Waals surface area contributed by atoms with Crippen molar-refractivity contribution in [2.75, 3.05) is 13.1 Å². The summed E-state index contributed by atoms with van der Waals surface area (Å²) in [7, 11) is 0. The molecule has 5 N–H and O–H groups in total. The molecular formula is C16H25ClN4O2. The summed E-state index contributed by atoms with van der Waals surface area (Å²) in [5, 5.41) is 8.95. The predicted octanol–water partition coefficient (Wildman–Crippen LogP) is 1.38. The number of rotatable bonds is 5. The van der Waals surface area contributed by atoms with Crippen molar-refractivity contribution in [1.29, 1.82) is 0 Å². The summed E-state index contributed by atoms with van der Waals surface area (Å²) in [6.45, 7) is 3.75. The van der Waals surface area contributed by atoms with Crippen molar-refractivity contribution in [3.05, 3.63) is 35.4 Å². The minimum Gasteiger partial charge on any atom is -0.352 e. The van der Waals surface area contributed by atoms with Gasteiger partial charge in [0.2, 0.25) is 5.91 Å². The van der Waals surface area contributed by atoms with Crippen LogP contribution in [0.25, 0.3) is 0 Å². The first kappa shape index (κ1) is 19.3. The first-order chi connectivity index (χ1) is 10.6. The zero-order chi connectivity index (χ0) is 15.9. The lowest BCUT2D eigenvalue weighted by atomic mass is 9.98. The van der Waals surface area contributed by atoms with E-state index in [4.69, 9.17) is 5.73 Å². The van der Waals surface area contributed by atoms with Gasteiger partial charge in [-0.3, -0.25) is 4.79 Å². The van der Waals surface area contributed by atoms with Crippen molar-refractivity contribution in [1.82, 2.24) is 16.0 Å². The third kappa shape index (κ3) is 6.08. The molecule has 2 unspecified atom stereocenters. The Labute approximate surface area is 143 Å². The molecule has 2 atom stereocenters. The SMILES string of the molecule is Cc1ccccc1C(CC(=O)NC1CCCNC1)NC(N)=O.Cl. The molecule has 128 valence electrons. The minimum atomic E-state index is -0.625. The Bertz CT molecular complexity index is 533. The highest BCUT2D eigenvalue weighted by Gasteiger charge is 2.21. The van der Waals surface area contributed by atoms with Crippen LogP contribution in [0.3, 0.4) is 0 Å². The maximum absolute atomic E-state index is 12.3. The average molecular weight is 341 g/mol. The van der Waals surface area contributed by atoms with Gasteiger partial charge in [0.25, 0.3) is 0 Å². The lowest BCUT2D eigenvalue weighted by molar-refractivity contribution is -0.122. The number of primary amides is 1. The van der Waals surface area contributed by atoms with E-state index in [-0.39, 0.29) is 30.8 Å². The van der Waals surface area contributed by atoms with Crippen LogP contribution in [0.15, 0.2) is 24.3 Å². The summed E-state index contributed by atoms with van der Waals surface area (Å²) in [4.78, 5) is 23.5. The minimum absolute atomic E-state index is 0. The summed E-state index contributed by atoms with van der Waals surface area (Å²) in [6.07, 6.45) is 2.23. The first-order valence-electron chi connectivity index (χ1n) is 7.68. The number of carbonyl (C=O) groups is 2. The molecule has 0 bridgehead atoms. The Morgan fingerprint density at radius 2 is 2.13 bits per heavy atom. The van der Waals surface area contributed by atoms with Gasteiger partial charge in [0.05, 0.1) is 12.5 Å². The van der Waals surface area contributed by atoms with Gasteiger partial charge in [0, 0.05) is 12.6 Å². The van der Waals surface area contributed by atoms with Gasteiger partial charge < -0.3 is 21.7 Å². The molecule has 3 amide bonds. The molecule has 1 heterocycles. The van der Waals surface area contributed by atoms with Crippen molar-refractivity contribution in [3.63, 3.8) is 0 Å². The van der Waals surface area contributed by atoms with Gasteiger partial charge in [0.1, 0.15) is 0 Å². The number of benzene rings is 1. The van der Waals surface area contributed by atoms with Gasteiger partial charge in [-0.1, -0.05) is 24.3 Å². The van der Waals surface area contributed by atoms with Crippen LogP contribution in [-0.4, -0.2) is 31.1 Å². The molecule has 1 aromatic rings. The van der Waals surface area contributed by atoms with Crippen LogP contribution in [0.2, 0.25) is 0 Å². The van der Waals surface area contributed by atoms with Crippen LogP contribution in [-0.2, 0) is 4.79 Å². The van der Waals surface area contributed by atoms with Crippen LogP contribution >= 0.6 is 12.4 Å². The molecule has 23 heavy (non-hydrogen) atoms. The monoisotopic (exact) mass is 340 g/mol. The molecule has 0 aromatic heterocycles. The molecule has 1 fully saturated rings. The maximum Gasteiger partial charge on any atom is 0.312 e. The van der Waals surface area contributed by atoms with Crippen molar-refractivity contribution in [2.24, 2.45) is 5.73 Å². The lowest BCUT2D eigenvalue weighted by Gasteiger charge is -2.25. The van der Waals surface area contributed by atoms with Gasteiger partial charge in [0.15, 0.2) is 0 Å². The highest BCUT2D eigenvalue weighted by Crippen LogP contribution is 2.20. The van der Waals surface area contributed by atoms with Gasteiger partial charge in [-0.2, -0.15) is 0 Å². The smallest absolute Gasteiger partial charge is 0.312 e. The second-order valence-corrected chi connectivity index (χ2v) is 5.73. The summed E-state index contributed by atoms with van der Waals surface area (Å²) in [6, 6.07) is 6.80. The zero-order valence-electron chi connectivity index (χ0n) is 13.3. The molecule has 2 rings (SSSR count). The first-order valence-corrected chi connectivity index (χ1v) is 7.68. The van der Waals surface area contributed by atoms with E-state index in [1.165, 1.54) is 0 Å². The summed E-state index contributed by atoms with van der Waals surface area (Å²) in [5.74, 6) is -0.0734. The largest absolute Gasteiger partial charge is 0.352 e. The highest BCUT2D eigenvalue weighted by atomic mass is 35.5. The molecule has 1 saturated heterocycles. The van der Waals surface area contributed by atoms with Gasteiger partial charge in [-0.05, 0) is 37.4 Å². The number of amides is 3. The normalized spacial score (nSPS) is 18.4. The van der Waals surface area contributed by atoms with Crippen molar-refractivity contribution in [3.8, 4) is 0 Å². The fourth-order valence-electron chi connectivity index (χ4n) is 2.84. The van der Waals surface area contributed by atoms with Crippen molar-refractivity contribution >= 4 is 24.3 Å². The second kappa shape index (κ2) is 9.37. The van der Waals surface area contributed by atoms with Crippen LogP contribution in [0.4, 0.5) is 4.79 Å². The molecule has 0 spiro atoms. The molecule has 6 nitrogen and oxygen atoms in total. The Balaban J connectivity index is 0.00000264. The van der Waals surface area contributed by atoms with Crippen LogP contribution in [0, 0.1) is 6.92 Å². The van der Waals surface area contributed by atoms with E-state index in [1.54, 1.807) is 0 Å². The van der Waals surface area contributed by atoms with Crippen molar-refractivity contribution < 1.29 is 9.59 Å². The number of hydrogen-bond donors (Lipinski definition) is 4. The second-order valence-electron chi connectivity index (χ2n) is 5.73. The summed E-state index contributed by atoms with van der Waals surface area (Å²) < 4.78 is 0. The van der Waals surface area contributed by atoms with E-state index in [0.29, 0.717) is 0 Å². The molecule has 0 aliphatic carbocycles. The molecule has 0 saturated carbocycles. The van der Waals surface area contributed by atoms with Gasteiger partial charge >= 0.3 is 6.03 Å². The van der Waals surface area contributed by atoms with E-state index in [2.05, 4.69) is 16.0 Å². The van der Waals surface area contributed by atoms with Crippen molar-refractivity contribution in [2.45, 2.75) is 38.3 Å². The average Bonchev–Trinajstić information content (AvgIpc) is 2.47. The van der Waals surface area contributed by atoms with E-state index in [1.807, 2.05) is 31.2 Å². The zero-order valence-corrected chi connectivity index (χ0v) is 14.1. The number of halogens is 1. The highest BCUT2D eigenvalue weighted by molar-refractivity contribution is 5.85. The molecule has 1 aromatic carbocycles. The number of nitrogens with one attached hydrogen (secondary N) is 3. The molecule has 7 heteroatoms. The number of nitrogens with two attached hydrogens (primary N) is 1. The quantitative estimate of drug-likeness (QED) is 0.652. The van der Waals surface area contributed by atoms with E-state index in [9.17, 15) is 9.59 Å². The standard InChI is InChI=1S/C16H24N4O2.ClH/c1-11-5-2-3-7-13(11)14(20-16(17)22)9-15(21)19-12-6-4-8-18-10-12;/h2-3,5,7,12,14,18H,4,6,8-10H2,1H3,(H,19,21)(H3,17,20,22);1H. The maximum atomic E-state index is 12.3. The number of aryl methyl sites for hydroxylation is 1. The number of hydrogen-bond acceptors (Lipinski definition) is 3. The Morgan fingerprint density at radius 1 is 1.39 bits per heavy atom. The van der Waals surface area contributed by atoms with E-state index < -0.39 is 12.1 Å². The van der Waals surface area contributed by atoms with Gasteiger partial charge in [-0.25, -0.2) is 4.79 Å². The topological polar surface area (TPSA) is 96.2 Å². The molecule has 1 aliphatic heterocycles. The van der Waals surface area contributed by atoms with Gasteiger partial charge in [-0.15, -0.1) is 12.4 Å². The summed E-state index contributed by atoms with van der Waals surface area (Å²) in [5.41, 5.74) is 7.19.